The Morgan fingerprint density at radius 1 is 1.33 bits per heavy atom. The Balaban J connectivity index is 1.72. The van der Waals surface area contributed by atoms with E-state index in [9.17, 15) is 4.79 Å². The SMILES string of the molecule is Cc1cnc(NC(=O)CCCc2ccccc2)s1. The molecule has 2 aromatic rings. The van der Waals surface area contributed by atoms with Crippen molar-refractivity contribution in [3.8, 4) is 0 Å². The first-order valence-corrected chi connectivity index (χ1v) is 6.82. The van der Waals surface area contributed by atoms with Gasteiger partial charge in [0, 0.05) is 17.5 Å². The molecule has 1 aromatic heterocycles. The number of hydrogen-bond donors (Lipinski definition) is 1. The third-order valence-corrected chi connectivity index (χ3v) is 3.41. The van der Waals surface area contributed by atoms with Gasteiger partial charge >= 0.3 is 0 Å². The Hall–Kier alpha value is -1.68. The van der Waals surface area contributed by atoms with E-state index in [4.69, 9.17) is 0 Å². The Kier molecular flexibility index (Phi) is 4.47. The zero-order valence-corrected chi connectivity index (χ0v) is 11.2. The minimum atomic E-state index is 0.0419. The van der Waals surface area contributed by atoms with E-state index in [-0.39, 0.29) is 5.91 Å². The van der Waals surface area contributed by atoms with E-state index in [2.05, 4.69) is 22.4 Å². The molecule has 0 aliphatic rings. The Bertz CT molecular complexity index is 508. The van der Waals surface area contributed by atoms with E-state index < -0.39 is 0 Å². The minimum Gasteiger partial charge on any atom is -0.302 e. The predicted octanol–water partition coefficient (Wildman–Crippen LogP) is 3.41. The summed E-state index contributed by atoms with van der Waals surface area (Å²) in [7, 11) is 0. The first-order chi connectivity index (χ1) is 8.74. The van der Waals surface area contributed by atoms with Gasteiger partial charge in [0.15, 0.2) is 5.13 Å². The lowest BCUT2D eigenvalue weighted by atomic mass is 10.1. The van der Waals surface area contributed by atoms with Gasteiger partial charge in [0.05, 0.1) is 0 Å². The van der Waals surface area contributed by atoms with Crippen LogP contribution in [-0.4, -0.2) is 10.9 Å². The molecule has 0 radical (unpaired) electrons. The number of nitrogens with zero attached hydrogens (tertiary/aromatic N) is 1. The number of carbonyl (C=O) groups excluding carboxylic acids is 1. The average Bonchev–Trinajstić information content (AvgIpc) is 2.76. The normalized spacial score (nSPS) is 10.3. The van der Waals surface area contributed by atoms with Gasteiger partial charge in [-0.05, 0) is 25.3 Å². The zero-order valence-electron chi connectivity index (χ0n) is 10.3. The van der Waals surface area contributed by atoms with E-state index in [1.165, 1.54) is 16.9 Å². The van der Waals surface area contributed by atoms with Crippen LogP contribution in [0.3, 0.4) is 0 Å². The van der Waals surface area contributed by atoms with Crippen molar-refractivity contribution in [2.75, 3.05) is 5.32 Å². The molecule has 94 valence electrons. The fourth-order valence-electron chi connectivity index (χ4n) is 1.69. The van der Waals surface area contributed by atoms with Crippen molar-refractivity contribution in [2.24, 2.45) is 0 Å². The van der Waals surface area contributed by atoms with Crippen LogP contribution in [0.5, 0.6) is 0 Å². The number of thiazole rings is 1. The molecule has 1 N–H and O–H groups in total. The molecule has 1 amide bonds. The van der Waals surface area contributed by atoms with Gasteiger partial charge in [0.25, 0.3) is 0 Å². The molecule has 0 saturated carbocycles. The molecule has 3 nitrogen and oxygen atoms in total. The van der Waals surface area contributed by atoms with Crippen molar-refractivity contribution in [2.45, 2.75) is 26.2 Å². The highest BCUT2D eigenvalue weighted by molar-refractivity contribution is 7.15. The predicted molar refractivity (Wildman–Crippen MR) is 74.9 cm³/mol. The summed E-state index contributed by atoms with van der Waals surface area (Å²) in [5.41, 5.74) is 1.27. The molecule has 0 aliphatic carbocycles. The van der Waals surface area contributed by atoms with Crippen LogP contribution in [0, 0.1) is 6.92 Å². The maximum Gasteiger partial charge on any atom is 0.226 e. The fraction of sp³-hybridized carbons (Fsp3) is 0.286. The molecule has 1 aromatic carbocycles. The van der Waals surface area contributed by atoms with Crippen LogP contribution in [-0.2, 0) is 11.2 Å². The number of hydrogen-bond acceptors (Lipinski definition) is 3. The van der Waals surface area contributed by atoms with Crippen molar-refractivity contribution >= 4 is 22.4 Å². The summed E-state index contributed by atoms with van der Waals surface area (Å²) in [4.78, 5) is 16.9. The van der Waals surface area contributed by atoms with Crippen LogP contribution < -0.4 is 5.32 Å². The van der Waals surface area contributed by atoms with Crippen molar-refractivity contribution in [3.05, 3.63) is 47.0 Å². The van der Waals surface area contributed by atoms with E-state index in [0.29, 0.717) is 11.6 Å². The monoisotopic (exact) mass is 260 g/mol. The van der Waals surface area contributed by atoms with Crippen LogP contribution in [0.25, 0.3) is 0 Å². The topological polar surface area (TPSA) is 42.0 Å². The highest BCUT2D eigenvalue weighted by Crippen LogP contribution is 2.16. The van der Waals surface area contributed by atoms with Crippen molar-refractivity contribution < 1.29 is 4.79 Å². The maximum atomic E-state index is 11.7. The van der Waals surface area contributed by atoms with E-state index in [1.54, 1.807) is 6.20 Å². The summed E-state index contributed by atoms with van der Waals surface area (Å²) in [5.74, 6) is 0.0419. The van der Waals surface area contributed by atoms with Gasteiger partial charge in [0.2, 0.25) is 5.91 Å². The highest BCUT2D eigenvalue weighted by Gasteiger charge is 2.05. The van der Waals surface area contributed by atoms with E-state index in [0.717, 1.165) is 17.7 Å². The summed E-state index contributed by atoms with van der Waals surface area (Å²) in [6.45, 7) is 1.97. The number of benzene rings is 1. The molecule has 1 heterocycles. The Labute approximate surface area is 111 Å². The number of aromatic nitrogens is 1. The summed E-state index contributed by atoms with van der Waals surface area (Å²) in [6.07, 6.45) is 4.10. The molecule has 0 atom stereocenters. The summed E-state index contributed by atoms with van der Waals surface area (Å²) in [5, 5.41) is 3.51. The lowest BCUT2D eigenvalue weighted by Gasteiger charge is -2.02. The smallest absolute Gasteiger partial charge is 0.226 e. The fourth-order valence-corrected chi connectivity index (χ4v) is 2.37. The van der Waals surface area contributed by atoms with Gasteiger partial charge in [-0.15, -0.1) is 11.3 Å². The second-order valence-corrected chi connectivity index (χ2v) is 5.40. The minimum absolute atomic E-state index is 0.0419. The van der Waals surface area contributed by atoms with Gasteiger partial charge in [-0.25, -0.2) is 4.98 Å². The van der Waals surface area contributed by atoms with Crippen LogP contribution in [0.1, 0.15) is 23.3 Å². The third-order valence-electron chi connectivity index (χ3n) is 2.58. The standard InChI is InChI=1S/C14H16N2OS/c1-11-10-15-14(18-11)16-13(17)9-5-8-12-6-3-2-4-7-12/h2-4,6-7,10H,5,8-9H2,1H3,(H,15,16,17). The van der Waals surface area contributed by atoms with Crippen LogP contribution in [0.2, 0.25) is 0 Å². The number of aryl methyl sites for hydroxylation is 2. The largest absolute Gasteiger partial charge is 0.302 e. The van der Waals surface area contributed by atoms with Crippen molar-refractivity contribution in [1.82, 2.24) is 4.98 Å². The Morgan fingerprint density at radius 2 is 2.11 bits per heavy atom. The molecule has 0 bridgehead atoms. The van der Waals surface area contributed by atoms with Crippen LogP contribution >= 0.6 is 11.3 Å². The number of nitrogens with one attached hydrogen (secondary N) is 1. The molecule has 0 fully saturated rings. The number of carbonyl (C=O) groups is 1. The van der Waals surface area contributed by atoms with Crippen molar-refractivity contribution in [1.29, 1.82) is 0 Å². The number of rotatable bonds is 5. The summed E-state index contributed by atoms with van der Waals surface area (Å²) < 4.78 is 0. The van der Waals surface area contributed by atoms with Gasteiger partial charge in [-0.2, -0.15) is 0 Å². The van der Waals surface area contributed by atoms with E-state index in [1.807, 2.05) is 25.1 Å². The Morgan fingerprint density at radius 3 is 2.78 bits per heavy atom. The summed E-state index contributed by atoms with van der Waals surface area (Å²) >= 11 is 1.50. The number of anilines is 1. The third kappa shape index (κ3) is 3.96. The molecule has 0 spiro atoms. The second kappa shape index (κ2) is 6.31. The molecular weight excluding hydrogens is 244 g/mol. The first kappa shape index (κ1) is 12.8. The first-order valence-electron chi connectivity index (χ1n) is 6.00. The summed E-state index contributed by atoms with van der Waals surface area (Å²) in [6, 6.07) is 10.2. The molecule has 18 heavy (non-hydrogen) atoms. The van der Waals surface area contributed by atoms with Gasteiger partial charge in [-0.3, -0.25) is 4.79 Å². The zero-order chi connectivity index (χ0) is 12.8. The lowest BCUT2D eigenvalue weighted by Crippen LogP contribution is -2.11. The maximum absolute atomic E-state index is 11.7. The average molecular weight is 260 g/mol. The van der Waals surface area contributed by atoms with Crippen LogP contribution in [0.15, 0.2) is 36.5 Å². The van der Waals surface area contributed by atoms with Gasteiger partial charge < -0.3 is 5.32 Å². The van der Waals surface area contributed by atoms with Crippen molar-refractivity contribution in [3.63, 3.8) is 0 Å². The van der Waals surface area contributed by atoms with E-state index >= 15 is 0 Å². The molecule has 0 aliphatic heterocycles. The molecule has 4 heteroatoms. The molecular formula is C14H16N2OS. The van der Waals surface area contributed by atoms with Crippen LogP contribution in [0.4, 0.5) is 5.13 Å². The molecule has 0 saturated heterocycles. The quantitative estimate of drug-likeness (QED) is 0.895. The molecule has 2 rings (SSSR count). The molecule has 0 unspecified atom stereocenters. The van der Waals surface area contributed by atoms with Gasteiger partial charge in [0.1, 0.15) is 0 Å². The number of amides is 1. The highest BCUT2D eigenvalue weighted by atomic mass is 32.1. The second-order valence-electron chi connectivity index (χ2n) is 4.16. The lowest BCUT2D eigenvalue weighted by molar-refractivity contribution is -0.116. The van der Waals surface area contributed by atoms with Gasteiger partial charge in [-0.1, -0.05) is 30.3 Å².